The van der Waals surface area contributed by atoms with Crippen molar-refractivity contribution >= 4 is 39.3 Å². The fourth-order valence-electron chi connectivity index (χ4n) is 2.10. The monoisotopic (exact) mass is 474 g/mol. The van der Waals surface area contributed by atoms with Crippen molar-refractivity contribution in [2.24, 2.45) is 0 Å². The topological polar surface area (TPSA) is 84.5 Å². The van der Waals surface area contributed by atoms with Gasteiger partial charge >= 0.3 is 16.4 Å². The van der Waals surface area contributed by atoms with Gasteiger partial charge < -0.3 is 4.74 Å². The summed E-state index contributed by atoms with van der Waals surface area (Å²) in [6.07, 6.45) is -4.69. The number of benzene rings is 2. The Morgan fingerprint density at radius 1 is 1.21 bits per heavy atom. The molecule has 0 atom stereocenters. The van der Waals surface area contributed by atoms with Crippen LogP contribution in [0, 0.1) is 5.82 Å². The van der Waals surface area contributed by atoms with Gasteiger partial charge in [-0.15, -0.1) is 0 Å². The molecule has 158 valence electrons. The van der Waals surface area contributed by atoms with E-state index >= 15 is 0 Å². The summed E-state index contributed by atoms with van der Waals surface area (Å²) in [5.41, 5.74) is -1.77. The van der Waals surface area contributed by atoms with Crippen LogP contribution in [0.3, 0.4) is 0 Å². The maximum atomic E-state index is 14.2. The van der Waals surface area contributed by atoms with Crippen molar-refractivity contribution in [2.75, 3.05) is 7.05 Å². The van der Waals surface area contributed by atoms with Gasteiger partial charge in [0, 0.05) is 17.6 Å². The Balaban J connectivity index is 2.24. The van der Waals surface area contributed by atoms with E-state index in [2.05, 4.69) is 0 Å². The van der Waals surface area contributed by atoms with Crippen LogP contribution in [0.15, 0.2) is 30.3 Å². The van der Waals surface area contributed by atoms with E-state index < -0.39 is 50.9 Å². The van der Waals surface area contributed by atoms with E-state index in [1.54, 1.807) is 4.72 Å². The predicted molar refractivity (Wildman–Crippen MR) is 97.6 cm³/mol. The zero-order valence-corrected chi connectivity index (χ0v) is 16.7. The Labute approximate surface area is 172 Å². The third-order valence-corrected chi connectivity index (χ3v) is 5.26. The summed E-state index contributed by atoms with van der Waals surface area (Å²) in [7, 11) is -3.12. The van der Waals surface area contributed by atoms with Gasteiger partial charge in [0.25, 0.3) is 5.91 Å². The lowest BCUT2D eigenvalue weighted by Crippen LogP contribution is -2.38. The number of nitrogens with one attached hydrogen (secondary N) is 2. The first-order valence-corrected chi connectivity index (χ1v) is 9.81. The van der Waals surface area contributed by atoms with Crippen LogP contribution in [0.5, 0.6) is 5.75 Å². The first-order chi connectivity index (χ1) is 13.4. The van der Waals surface area contributed by atoms with Gasteiger partial charge in [0.2, 0.25) is 0 Å². The smallest absolute Gasteiger partial charge is 0.417 e. The van der Waals surface area contributed by atoms with Crippen LogP contribution in [0.4, 0.5) is 17.6 Å². The molecule has 0 spiro atoms. The van der Waals surface area contributed by atoms with Gasteiger partial charge in [0.05, 0.1) is 16.1 Å². The lowest BCUT2D eigenvalue weighted by atomic mass is 10.1. The van der Waals surface area contributed by atoms with Crippen LogP contribution in [0.2, 0.25) is 10.0 Å². The van der Waals surface area contributed by atoms with Crippen LogP contribution < -0.4 is 14.2 Å². The van der Waals surface area contributed by atoms with Gasteiger partial charge in [-0.3, -0.25) is 4.79 Å². The van der Waals surface area contributed by atoms with Gasteiger partial charge in [0.15, 0.2) is 0 Å². The second-order valence-electron chi connectivity index (χ2n) is 5.47. The minimum atomic E-state index is -4.69. The summed E-state index contributed by atoms with van der Waals surface area (Å²) in [5, 5.41) is -0.855. The summed E-state index contributed by atoms with van der Waals surface area (Å²) < 4.78 is 84.1. The largest absolute Gasteiger partial charge is 0.487 e. The molecule has 0 aromatic heterocycles. The fraction of sp³-hybridized carbons (Fsp3) is 0.188. The van der Waals surface area contributed by atoms with Crippen molar-refractivity contribution in [1.82, 2.24) is 9.44 Å². The van der Waals surface area contributed by atoms with Crippen molar-refractivity contribution in [3.05, 3.63) is 62.9 Å². The molecule has 0 saturated heterocycles. The van der Waals surface area contributed by atoms with Gasteiger partial charge in [-0.05, 0) is 24.3 Å². The third kappa shape index (κ3) is 5.72. The van der Waals surface area contributed by atoms with E-state index in [0.29, 0.717) is 0 Å². The minimum absolute atomic E-state index is 0.00864. The highest BCUT2D eigenvalue weighted by atomic mass is 35.5. The zero-order chi connectivity index (χ0) is 22.0. The molecule has 0 aliphatic heterocycles. The summed E-state index contributed by atoms with van der Waals surface area (Å²) >= 11 is 11.7. The molecule has 0 heterocycles. The lowest BCUT2D eigenvalue weighted by Gasteiger charge is -2.14. The molecule has 0 fully saturated rings. The third-order valence-electron chi connectivity index (χ3n) is 3.53. The normalized spacial score (nSPS) is 12.0. The molecule has 6 nitrogen and oxygen atoms in total. The van der Waals surface area contributed by atoms with E-state index in [1.807, 2.05) is 4.72 Å². The van der Waals surface area contributed by atoms with Crippen molar-refractivity contribution in [2.45, 2.75) is 12.8 Å². The van der Waals surface area contributed by atoms with Crippen molar-refractivity contribution in [3.63, 3.8) is 0 Å². The zero-order valence-electron chi connectivity index (χ0n) is 14.4. The van der Waals surface area contributed by atoms with Crippen molar-refractivity contribution < 1.29 is 35.5 Å². The van der Waals surface area contributed by atoms with Crippen LogP contribution in [0.25, 0.3) is 0 Å². The average Bonchev–Trinajstić information content (AvgIpc) is 2.61. The lowest BCUT2D eigenvalue weighted by molar-refractivity contribution is -0.137. The van der Waals surface area contributed by atoms with Crippen LogP contribution in [-0.4, -0.2) is 21.4 Å². The molecule has 13 heteroatoms. The highest BCUT2D eigenvalue weighted by molar-refractivity contribution is 7.88. The Kier molecular flexibility index (Phi) is 6.99. The number of ether oxygens (including phenoxy) is 1. The summed E-state index contributed by atoms with van der Waals surface area (Å²) in [6, 6.07) is 4.71. The van der Waals surface area contributed by atoms with Gasteiger partial charge in [-0.25, -0.2) is 13.8 Å². The van der Waals surface area contributed by atoms with E-state index in [1.165, 1.54) is 6.07 Å². The molecule has 0 bridgehead atoms. The van der Waals surface area contributed by atoms with Crippen LogP contribution in [0.1, 0.15) is 21.5 Å². The maximum Gasteiger partial charge on any atom is 0.417 e. The molecular formula is C16H12Cl2F4N2O4S. The first-order valence-electron chi connectivity index (χ1n) is 7.57. The number of alkyl halides is 3. The summed E-state index contributed by atoms with van der Waals surface area (Å²) in [4.78, 5) is 11.9. The Morgan fingerprint density at radius 2 is 1.86 bits per heavy atom. The molecule has 2 aromatic rings. The molecule has 2 rings (SSSR count). The SMILES string of the molecule is CNS(=O)(=O)NC(=O)c1cc(Cl)c(COc2cccc(C(F)(F)F)c2Cl)cc1F. The van der Waals surface area contributed by atoms with Crippen LogP contribution >= 0.6 is 23.2 Å². The van der Waals surface area contributed by atoms with E-state index in [9.17, 15) is 30.8 Å². The Hall–Kier alpha value is -2.08. The minimum Gasteiger partial charge on any atom is -0.487 e. The number of hydrogen-bond donors (Lipinski definition) is 2. The highest BCUT2D eigenvalue weighted by Crippen LogP contribution is 2.39. The fourth-order valence-corrected chi connectivity index (χ4v) is 3.06. The molecule has 0 aliphatic rings. The molecule has 0 radical (unpaired) electrons. The average molecular weight is 475 g/mol. The molecule has 1 amide bonds. The molecular weight excluding hydrogens is 463 g/mol. The highest BCUT2D eigenvalue weighted by Gasteiger charge is 2.34. The number of carbonyl (C=O) groups is 1. The molecule has 0 saturated carbocycles. The van der Waals surface area contributed by atoms with Gasteiger partial charge in [-0.2, -0.15) is 21.6 Å². The molecule has 2 aromatic carbocycles. The molecule has 0 aliphatic carbocycles. The standard InChI is InChI=1S/C16H12Cl2F4N2O4S/c1-23-29(26,27)24-15(25)9-6-11(17)8(5-12(9)19)7-28-13-4-2-3-10(14(13)18)16(20,21)22/h2-6,23H,7H2,1H3,(H,24,25). The number of hydrogen-bond acceptors (Lipinski definition) is 4. The van der Waals surface area contributed by atoms with E-state index in [-0.39, 0.29) is 16.3 Å². The second-order valence-corrected chi connectivity index (χ2v) is 7.87. The number of halogens is 6. The van der Waals surface area contributed by atoms with Crippen molar-refractivity contribution in [1.29, 1.82) is 0 Å². The Bertz CT molecular complexity index is 1050. The number of carbonyl (C=O) groups excluding carboxylic acids is 1. The molecule has 29 heavy (non-hydrogen) atoms. The second kappa shape index (κ2) is 8.74. The van der Waals surface area contributed by atoms with Crippen LogP contribution in [-0.2, 0) is 23.0 Å². The summed E-state index contributed by atoms with van der Waals surface area (Å²) in [5.74, 6) is -2.70. The van der Waals surface area contributed by atoms with E-state index in [0.717, 1.165) is 31.3 Å². The first kappa shape index (κ1) is 23.2. The van der Waals surface area contributed by atoms with Gasteiger partial charge in [-0.1, -0.05) is 29.3 Å². The Morgan fingerprint density at radius 3 is 2.45 bits per heavy atom. The van der Waals surface area contributed by atoms with Gasteiger partial charge in [0.1, 0.15) is 18.2 Å². The summed E-state index contributed by atoms with van der Waals surface area (Å²) in [6.45, 7) is -0.465. The maximum absolute atomic E-state index is 14.2. The quantitative estimate of drug-likeness (QED) is 0.621. The number of rotatable bonds is 6. The predicted octanol–water partition coefficient (Wildman–Crippen LogP) is 3.92. The molecule has 0 unspecified atom stereocenters. The molecule has 2 N–H and O–H groups in total. The van der Waals surface area contributed by atoms with Crippen molar-refractivity contribution in [3.8, 4) is 5.75 Å². The number of amides is 1. The van der Waals surface area contributed by atoms with E-state index in [4.69, 9.17) is 27.9 Å².